The van der Waals surface area contributed by atoms with Crippen LogP contribution < -0.4 is 0 Å². The van der Waals surface area contributed by atoms with Crippen LogP contribution in [0.3, 0.4) is 0 Å². The lowest BCUT2D eigenvalue weighted by molar-refractivity contribution is -0.159. The van der Waals surface area contributed by atoms with Crippen molar-refractivity contribution < 1.29 is 30.0 Å². The van der Waals surface area contributed by atoms with Gasteiger partial charge >= 0.3 is 11.9 Å². The average molecular weight is 410 g/mol. The molecule has 0 aromatic heterocycles. The van der Waals surface area contributed by atoms with E-state index >= 15 is 0 Å². The van der Waals surface area contributed by atoms with Crippen molar-refractivity contribution in [1.82, 2.24) is 4.90 Å². The molecule has 1 heterocycles. The number of rotatable bonds is 2. The minimum Gasteiger partial charge on any atom is -0.507 e. The van der Waals surface area contributed by atoms with Crippen molar-refractivity contribution >= 4 is 11.9 Å². The van der Waals surface area contributed by atoms with E-state index in [2.05, 4.69) is 58.6 Å². The van der Waals surface area contributed by atoms with Gasteiger partial charge in [-0.2, -0.15) is 0 Å². The van der Waals surface area contributed by atoms with E-state index in [0.29, 0.717) is 5.75 Å². The number of hydrogen-bond acceptors (Lipinski definition) is 5. The molecule has 0 unspecified atom stereocenters. The van der Waals surface area contributed by atoms with Crippen LogP contribution in [-0.2, 0) is 27.0 Å². The van der Waals surface area contributed by atoms with Crippen molar-refractivity contribution in [3.05, 3.63) is 28.8 Å². The molecule has 7 nitrogen and oxygen atoms in total. The number of carbonyl (C=O) groups is 2. The van der Waals surface area contributed by atoms with Gasteiger partial charge in [-0.05, 0) is 40.4 Å². The number of likely N-dealkylation sites (tertiary alicyclic amines) is 1. The summed E-state index contributed by atoms with van der Waals surface area (Å²) in [6.45, 7) is 15.7. The molecule has 0 aliphatic carbocycles. The van der Waals surface area contributed by atoms with Crippen LogP contribution in [0.15, 0.2) is 12.1 Å². The van der Waals surface area contributed by atoms with E-state index in [0.717, 1.165) is 43.6 Å². The Kier molecular flexibility index (Phi) is 8.24. The molecule has 7 heteroatoms. The Balaban J connectivity index is 0.000000612. The summed E-state index contributed by atoms with van der Waals surface area (Å²) in [6.07, 6.45) is 1.58. The van der Waals surface area contributed by atoms with Gasteiger partial charge in [0.05, 0.1) is 6.10 Å². The molecule has 1 fully saturated rings. The molecule has 0 bridgehead atoms. The molecule has 1 aliphatic heterocycles. The van der Waals surface area contributed by atoms with Gasteiger partial charge in [0.2, 0.25) is 0 Å². The number of benzene rings is 1. The summed E-state index contributed by atoms with van der Waals surface area (Å²) < 4.78 is 0. The molecule has 0 spiro atoms. The molecule has 0 atom stereocenters. The lowest BCUT2D eigenvalue weighted by atomic mass is 9.78. The number of nitrogens with zero attached hydrogens (tertiary/aromatic N) is 1. The van der Waals surface area contributed by atoms with Crippen LogP contribution in [0.25, 0.3) is 0 Å². The molecule has 2 rings (SSSR count). The number of piperidine rings is 1. The minimum absolute atomic E-state index is 0.0851. The van der Waals surface area contributed by atoms with Gasteiger partial charge in [0.15, 0.2) is 0 Å². The Hall–Kier alpha value is -2.12. The number of phenolic OH excluding ortho intramolecular Hbond substituents is 1. The van der Waals surface area contributed by atoms with Crippen molar-refractivity contribution in [2.75, 3.05) is 13.1 Å². The summed E-state index contributed by atoms with van der Waals surface area (Å²) in [5, 5.41) is 35.2. The van der Waals surface area contributed by atoms with Gasteiger partial charge in [-0.1, -0.05) is 53.7 Å². The Morgan fingerprint density at radius 2 is 1.31 bits per heavy atom. The second kappa shape index (κ2) is 9.59. The first-order valence-corrected chi connectivity index (χ1v) is 9.86. The monoisotopic (exact) mass is 409 g/mol. The van der Waals surface area contributed by atoms with Gasteiger partial charge in [0.1, 0.15) is 5.75 Å². The van der Waals surface area contributed by atoms with Crippen LogP contribution in [0.4, 0.5) is 0 Å². The second-order valence-corrected chi connectivity index (χ2v) is 9.66. The van der Waals surface area contributed by atoms with Crippen LogP contribution in [0.1, 0.15) is 71.1 Å². The topological polar surface area (TPSA) is 118 Å². The van der Waals surface area contributed by atoms with Crippen molar-refractivity contribution in [3.63, 3.8) is 0 Å². The van der Waals surface area contributed by atoms with Gasteiger partial charge in [-0.3, -0.25) is 4.90 Å². The molecule has 0 radical (unpaired) electrons. The molecule has 0 saturated carbocycles. The maximum atomic E-state index is 10.8. The fourth-order valence-electron chi connectivity index (χ4n) is 3.26. The number of aromatic hydroxyl groups is 1. The first-order valence-electron chi connectivity index (χ1n) is 9.86. The van der Waals surface area contributed by atoms with Crippen LogP contribution >= 0.6 is 0 Å². The first-order chi connectivity index (χ1) is 13.1. The van der Waals surface area contributed by atoms with E-state index in [-0.39, 0.29) is 16.9 Å². The third-order valence-electron chi connectivity index (χ3n) is 4.93. The van der Waals surface area contributed by atoms with Gasteiger partial charge in [0.25, 0.3) is 0 Å². The number of aliphatic hydroxyl groups excluding tert-OH is 1. The molecule has 1 aliphatic rings. The van der Waals surface area contributed by atoms with E-state index in [1.807, 2.05) is 0 Å². The Bertz CT molecular complexity index is 675. The maximum absolute atomic E-state index is 10.8. The van der Waals surface area contributed by atoms with Crippen LogP contribution in [0.5, 0.6) is 5.75 Å². The highest BCUT2D eigenvalue weighted by Gasteiger charge is 2.27. The van der Waals surface area contributed by atoms with E-state index < -0.39 is 11.9 Å². The third-order valence-corrected chi connectivity index (χ3v) is 4.93. The molecule has 1 aromatic rings. The summed E-state index contributed by atoms with van der Waals surface area (Å²) in [6, 6.07) is 4.32. The van der Waals surface area contributed by atoms with Crippen molar-refractivity contribution in [2.24, 2.45) is 0 Å². The maximum Gasteiger partial charge on any atom is 0.414 e. The van der Waals surface area contributed by atoms with Crippen LogP contribution in [-0.4, -0.2) is 56.5 Å². The zero-order chi connectivity index (χ0) is 22.6. The van der Waals surface area contributed by atoms with Gasteiger partial charge in [0, 0.05) is 19.6 Å². The van der Waals surface area contributed by atoms with E-state index in [4.69, 9.17) is 19.8 Å². The third kappa shape index (κ3) is 7.66. The van der Waals surface area contributed by atoms with Gasteiger partial charge in [-0.25, -0.2) is 9.59 Å². The fourth-order valence-corrected chi connectivity index (χ4v) is 3.26. The summed E-state index contributed by atoms with van der Waals surface area (Å²) in [5.41, 5.74) is 3.14. The van der Waals surface area contributed by atoms with Gasteiger partial charge < -0.3 is 20.4 Å². The largest absolute Gasteiger partial charge is 0.507 e. The lowest BCUT2D eigenvalue weighted by Gasteiger charge is -2.32. The molecular formula is C22H35NO6. The Labute approximate surface area is 173 Å². The molecule has 1 aromatic carbocycles. The highest BCUT2D eigenvalue weighted by molar-refractivity contribution is 6.27. The molecule has 29 heavy (non-hydrogen) atoms. The number of aliphatic hydroxyl groups is 1. The standard InChI is InChI=1S/C20H33NO2.C2H2O4/c1-19(2,3)16-11-14(12-17(18(16)23)20(4,5)6)13-21-9-7-15(22)8-10-21;3-1(4)2(5)6/h11-12,15,22-23H,7-10,13H2,1-6H3;(H,3,4)(H,5,6). The Morgan fingerprint density at radius 3 is 1.62 bits per heavy atom. The van der Waals surface area contributed by atoms with E-state index in [1.165, 1.54) is 5.56 Å². The quantitative estimate of drug-likeness (QED) is 0.554. The summed E-state index contributed by atoms with van der Waals surface area (Å²) in [7, 11) is 0. The smallest absolute Gasteiger partial charge is 0.414 e. The molecule has 0 amide bonds. The number of carboxylic acid groups (broad SMARTS) is 2. The summed E-state index contributed by atoms with van der Waals surface area (Å²) in [5.74, 6) is -3.20. The number of hydrogen-bond donors (Lipinski definition) is 4. The fraction of sp³-hybridized carbons (Fsp3) is 0.636. The average Bonchev–Trinajstić information content (AvgIpc) is 2.56. The first kappa shape index (κ1) is 24.9. The zero-order valence-corrected chi connectivity index (χ0v) is 18.3. The number of carboxylic acids is 2. The van der Waals surface area contributed by atoms with Crippen molar-refractivity contribution in [3.8, 4) is 5.75 Å². The van der Waals surface area contributed by atoms with Crippen LogP contribution in [0.2, 0.25) is 0 Å². The molecule has 4 N–H and O–H groups in total. The predicted molar refractivity (Wildman–Crippen MR) is 111 cm³/mol. The van der Waals surface area contributed by atoms with Crippen molar-refractivity contribution in [2.45, 2.75) is 77.9 Å². The second-order valence-electron chi connectivity index (χ2n) is 9.66. The lowest BCUT2D eigenvalue weighted by Crippen LogP contribution is -2.35. The molecular weight excluding hydrogens is 374 g/mol. The zero-order valence-electron chi connectivity index (χ0n) is 18.3. The number of aliphatic carboxylic acids is 2. The highest BCUT2D eigenvalue weighted by Crippen LogP contribution is 2.40. The van der Waals surface area contributed by atoms with Crippen LogP contribution in [0, 0.1) is 0 Å². The number of phenols is 1. The molecule has 1 saturated heterocycles. The summed E-state index contributed by atoms with van der Waals surface area (Å²) in [4.78, 5) is 20.6. The van der Waals surface area contributed by atoms with Crippen molar-refractivity contribution in [1.29, 1.82) is 0 Å². The predicted octanol–water partition coefficient (Wildman–Crippen LogP) is 3.10. The minimum atomic E-state index is -1.82. The SMILES string of the molecule is CC(C)(C)c1cc(CN2CCC(O)CC2)cc(C(C)(C)C)c1O.O=C(O)C(=O)O. The van der Waals surface area contributed by atoms with E-state index in [9.17, 15) is 10.2 Å². The summed E-state index contributed by atoms with van der Waals surface area (Å²) >= 11 is 0. The highest BCUT2D eigenvalue weighted by atomic mass is 16.4. The molecule has 164 valence electrons. The Morgan fingerprint density at radius 1 is 0.931 bits per heavy atom. The van der Waals surface area contributed by atoms with Gasteiger partial charge in [-0.15, -0.1) is 0 Å². The van der Waals surface area contributed by atoms with E-state index in [1.54, 1.807) is 0 Å². The normalized spacial score (nSPS) is 16.1.